The maximum atomic E-state index is 4.10. The maximum Gasteiger partial charge on any atom is 0.0570 e. The minimum Gasteiger partial charge on any atom is -0.354 e. The molecule has 0 fully saturated rings. The number of aromatic nitrogens is 1. The molecule has 0 aliphatic heterocycles. The van der Waals surface area contributed by atoms with E-state index in [1.54, 1.807) is 6.20 Å². The first-order chi connectivity index (χ1) is 9.42. The molecule has 0 saturated carbocycles. The Morgan fingerprint density at radius 2 is 1.47 bits per heavy atom. The van der Waals surface area contributed by atoms with Gasteiger partial charge < -0.3 is 5.32 Å². The summed E-state index contributed by atoms with van der Waals surface area (Å²) < 4.78 is 0. The minimum atomic E-state index is 0.993. The third-order valence-electron chi connectivity index (χ3n) is 2.92. The van der Waals surface area contributed by atoms with E-state index in [0.29, 0.717) is 0 Å². The number of benzene rings is 2. The van der Waals surface area contributed by atoms with Gasteiger partial charge in [-0.25, -0.2) is 0 Å². The van der Waals surface area contributed by atoms with Crippen LogP contribution in [0.25, 0.3) is 11.1 Å². The lowest BCUT2D eigenvalue weighted by molar-refractivity contribution is 1.32. The molecule has 0 unspecified atom stereocenters. The van der Waals surface area contributed by atoms with Crippen molar-refractivity contribution in [3.63, 3.8) is 0 Å². The summed E-state index contributed by atoms with van der Waals surface area (Å²) in [6.45, 7) is 0. The summed E-state index contributed by atoms with van der Waals surface area (Å²) in [5.74, 6) is 0. The van der Waals surface area contributed by atoms with Crippen molar-refractivity contribution in [2.24, 2.45) is 0 Å². The molecule has 1 N–H and O–H groups in total. The second-order valence-electron chi connectivity index (χ2n) is 4.31. The Labute approximate surface area is 112 Å². The van der Waals surface area contributed by atoms with Crippen molar-refractivity contribution in [1.29, 1.82) is 0 Å². The summed E-state index contributed by atoms with van der Waals surface area (Å²) >= 11 is 0. The molecule has 3 aromatic rings. The Kier molecular flexibility index (Phi) is 3.24. The number of rotatable bonds is 3. The molecule has 3 rings (SSSR count). The molecule has 0 aliphatic carbocycles. The van der Waals surface area contributed by atoms with Gasteiger partial charge >= 0.3 is 0 Å². The summed E-state index contributed by atoms with van der Waals surface area (Å²) in [4.78, 5) is 4.10. The van der Waals surface area contributed by atoms with Crippen LogP contribution in [0.5, 0.6) is 0 Å². The van der Waals surface area contributed by atoms with Gasteiger partial charge in [-0.2, -0.15) is 0 Å². The molecule has 1 heterocycles. The number of nitrogens with one attached hydrogen (secondary N) is 1. The predicted molar refractivity (Wildman–Crippen MR) is 79.4 cm³/mol. The third kappa shape index (κ3) is 2.80. The number of hydrogen-bond acceptors (Lipinski definition) is 2. The molecule has 2 nitrogen and oxygen atoms in total. The molecule has 0 saturated heterocycles. The van der Waals surface area contributed by atoms with Crippen LogP contribution >= 0.6 is 0 Å². The summed E-state index contributed by atoms with van der Waals surface area (Å²) in [6, 6.07) is 22.7. The summed E-state index contributed by atoms with van der Waals surface area (Å²) in [6.07, 6.45) is 3.58. The van der Waals surface area contributed by atoms with Crippen LogP contribution in [0.3, 0.4) is 0 Å². The van der Waals surface area contributed by atoms with Crippen molar-refractivity contribution in [2.45, 2.75) is 0 Å². The van der Waals surface area contributed by atoms with Gasteiger partial charge in [0.25, 0.3) is 0 Å². The van der Waals surface area contributed by atoms with E-state index < -0.39 is 0 Å². The van der Waals surface area contributed by atoms with Gasteiger partial charge in [-0.1, -0.05) is 42.5 Å². The van der Waals surface area contributed by atoms with E-state index in [4.69, 9.17) is 0 Å². The third-order valence-corrected chi connectivity index (χ3v) is 2.92. The van der Waals surface area contributed by atoms with Gasteiger partial charge in [0.1, 0.15) is 0 Å². The number of anilines is 2. The van der Waals surface area contributed by atoms with Crippen LogP contribution in [0.4, 0.5) is 11.4 Å². The smallest absolute Gasteiger partial charge is 0.0570 e. The van der Waals surface area contributed by atoms with Gasteiger partial charge in [0, 0.05) is 11.9 Å². The molecule has 19 heavy (non-hydrogen) atoms. The fourth-order valence-corrected chi connectivity index (χ4v) is 2.01. The quantitative estimate of drug-likeness (QED) is 0.736. The zero-order valence-electron chi connectivity index (χ0n) is 10.5. The lowest BCUT2D eigenvalue weighted by atomic mass is 10.1. The van der Waals surface area contributed by atoms with Gasteiger partial charge in [0.2, 0.25) is 0 Å². The largest absolute Gasteiger partial charge is 0.354 e. The highest BCUT2D eigenvalue weighted by atomic mass is 14.9. The molecular weight excluding hydrogens is 232 g/mol. The summed E-state index contributed by atoms with van der Waals surface area (Å²) in [7, 11) is 0. The van der Waals surface area contributed by atoms with Crippen LogP contribution < -0.4 is 5.32 Å². The Hall–Kier alpha value is -2.61. The van der Waals surface area contributed by atoms with E-state index in [9.17, 15) is 0 Å². The Balaban J connectivity index is 1.89. The topological polar surface area (TPSA) is 24.9 Å². The molecule has 0 atom stereocenters. The normalized spacial score (nSPS) is 10.1. The second kappa shape index (κ2) is 5.36. The minimum absolute atomic E-state index is 0.993. The molecule has 0 amide bonds. The number of nitrogens with zero attached hydrogens (tertiary/aromatic N) is 1. The predicted octanol–water partition coefficient (Wildman–Crippen LogP) is 4.49. The highest BCUT2D eigenvalue weighted by molar-refractivity contribution is 5.70. The van der Waals surface area contributed by atoms with Crippen molar-refractivity contribution in [3.05, 3.63) is 79.1 Å². The van der Waals surface area contributed by atoms with Crippen LogP contribution in [0.15, 0.2) is 79.1 Å². The molecule has 0 bridgehead atoms. The fourth-order valence-electron chi connectivity index (χ4n) is 2.01. The first-order valence-electron chi connectivity index (χ1n) is 6.24. The van der Waals surface area contributed by atoms with Gasteiger partial charge in [-0.15, -0.1) is 0 Å². The fraction of sp³-hybridized carbons (Fsp3) is 0. The molecule has 2 aromatic carbocycles. The van der Waals surface area contributed by atoms with Gasteiger partial charge in [0.05, 0.1) is 11.9 Å². The van der Waals surface area contributed by atoms with Crippen LogP contribution in [0.1, 0.15) is 0 Å². The Bertz CT molecular complexity index is 648. The van der Waals surface area contributed by atoms with Crippen molar-refractivity contribution in [2.75, 3.05) is 5.32 Å². The van der Waals surface area contributed by atoms with E-state index in [1.807, 2.05) is 24.4 Å². The van der Waals surface area contributed by atoms with Crippen molar-refractivity contribution in [1.82, 2.24) is 4.98 Å². The monoisotopic (exact) mass is 246 g/mol. The van der Waals surface area contributed by atoms with E-state index >= 15 is 0 Å². The van der Waals surface area contributed by atoms with Crippen molar-refractivity contribution in [3.8, 4) is 11.1 Å². The zero-order chi connectivity index (χ0) is 12.9. The molecular formula is C17H14N2. The SMILES string of the molecule is c1ccc(-c2cccc(Nc3cccnc3)c2)cc1. The lowest BCUT2D eigenvalue weighted by Gasteiger charge is -2.08. The van der Waals surface area contributed by atoms with Crippen molar-refractivity contribution >= 4 is 11.4 Å². The molecule has 0 aliphatic rings. The van der Waals surface area contributed by atoms with E-state index in [1.165, 1.54) is 11.1 Å². The second-order valence-corrected chi connectivity index (χ2v) is 4.31. The van der Waals surface area contributed by atoms with Gasteiger partial charge in [-0.05, 0) is 35.4 Å². The first-order valence-corrected chi connectivity index (χ1v) is 6.24. The van der Waals surface area contributed by atoms with E-state index in [2.05, 4.69) is 58.8 Å². The van der Waals surface area contributed by atoms with Crippen LogP contribution in [-0.4, -0.2) is 4.98 Å². The average molecular weight is 246 g/mol. The molecule has 2 heteroatoms. The van der Waals surface area contributed by atoms with Gasteiger partial charge in [-0.3, -0.25) is 4.98 Å². The lowest BCUT2D eigenvalue weighted by Crippen LogP contribution is -1.90. The molecule has 0 radical (unpaired) electrons. The van der Waals surface area contributed by atoms with Crippen LogP contribution in [0, 0.1) is 0 Å². The number of hydrogen-bond donors (Lipinski definition) is 1. The van der Waals surface area contributed by atoms with Crippen molar-refractivity contribution < 1.29 is 0 Å². The van der Waals surface area contributed by atoms with Crippen LogP contribution in [0.2, 0.25) is 0 Å². The summed E-state index contributed by atoms with van der Waals surface area (Å²) in [5, 5.41) is 3.35. The van der Waals surface area contributed by atoms with E-state index in [0.717, 1.165) is 11.4 Å². The Morgan fingerprint density at radius 1 is 0.684 bits per heavy atom. The average Bonchev–Trinajstić information content (AvgIpc) is 2.49. The van der Waals surface area contributed by atoms with E-state index in [-0.39, 0.29) is 0 Å². The highest BCUT2D eigenvalue weighted by Gasteiger charge is 1.99. The molecule has 92 valence electrons. The molecule has 1 aromatic heterocycles. The first kappa shape index (κ1) is 11.5. The standard InChI is InChI=1S/C17H14N2/c1-2-6-14(7-3-1)15-8-4-9-16(12-15)19-17-10-5-11-18-13-17/h1-13,19H. The molecule has 0 spiro atoms. The van der Waals surface area contributed by atoms with Crippen LogP contribution in [-0.2, 0) is 0 Å². The zero-order valence-corrected chi connectivity index (χ0v) is 10.5. The maximum absolute atomic E-state index is 4.10. The summed E-state index contributed by atoms with van der Waals surface area (Å²) in [5.41, 5.74) is 4.48. The number of pyridine rings is 1. The Morgan fingerprint density at radius 3 is 2.26 bits per heavy atom. The highest BCUT2D eigenvalue weighted by Crippen LogP contribution is 2.24. The van der Waals surface area contributed by atoms with Gasteiger partial charge in [0.15, 0.2) is 0 Å².